The minimum absolute atomic E-state index is 0.0102. The van der Waals surface area contributed by atoms with Gasteiger partial charge in [0.25, 0.3) is 11.8 Å². The Morgan fingerprint density at radius 1 is 0.984 bits per heavy atom. The summed E-state index contributed by atoms with van der Waals surface area (Å²) < 4.78 is 6.71. The van der Waals surface area contributed by atoms with E-state index in [0.29, 0.717) is 104 Å². The van der Waals surface area contributed by atoms with Crippen molar-refractivity contribution in [1.29, 1.82) is 0 Å². The number of benzene rings is 3. The molecule has 4 N–H and O–H groups in total. The Kier molecular flexibility index (Phi) is 14.4. The number of anilines is 3. The zero-order chi connectivity index (χ0) is 45.5. The van der Waals surface area contributed by atoms with E-state index >= 15 is 0 Å². The van der Waals surface area contributed by atoms with Crippen LogP contribution in [0.15, 0.2) is 71.3 Å². The number of nitrogens with zero attached hydrogens (tertiary/aromatic N) is 5. The van der Waals surface area contributed by atoms with Crippen LogP contribution in [0.5, 0.6) is 5.75 Å². The number of unbranched alkanes of at least 4 members (excludes halogenated alkanes) is 1. The fourth-order valence-electron chi connectivity index (χ4n) is 8.38. The highest BCUT2D eigenvalue weighted by Crippen LogP contribution is 2.37. The van der Waals surface area contributed by atoms with Crippen LogP contribution in [0, 0.1) is 5.41 Å². The van der Waals surface area contributed by atoms with Crippen molar-refractivity contribution < 1.29 is 33.5 Å². The van der Waals surface area contributed by atoms with Gasteiger partial charge in [-0.25, -0.2) is 9.97 Å². The number of ether oxygens (including phenoxy) is 1. The molecule has 3 aliphatic heterocycles. The number of rotatable bonds is 17. The van der Waals surface area contributed by atoms with Crippen LogP contribution in [0.4, 0.5) is 17.2 Å². The SMILES string of the molecule is COc1cc(C(=O)NCCCNCCCCC(=O)Nc2cccc3c2CN(C2CCC(=O)NC2=O)C3=O)ccc1Cc1ncc2c(n1)N(Cc1ccc(Br)cc1)CC(C)(C)C(=O)N2C. The maximum absolute atomic E-state index is 13.5. The molecule has 0 aliphatic carbocycles. The molecule has 4 aromatic rings. The molecular formula is C47H54BrN9O7. The summed E-state index contributed by atoms with van der Waals surface area (Å²) in [6.07, 6.45) is 4.95. The van der Waals surface area contributed by atoms with Crippen molar-refractivity contribution in [3.63, 3.8) is 0 Å². The fourth-order valence-corrected chi connectivity index (χ4v) is 8.64. The summed E-state index contributed by atoms with van der Waals surface area (Å²) in [6.45, 7) is 6.98. The van der Waals surface area contributed by atoms with Crippen LogP contribution in [-0.4, -0.2) is 96.7 Å². The summed E-state index contributed by atoms with van der Waals surface area (Å²) in [6, 6.07) is 17.9. The van der Waals surface area contributed by atoms with E-state index < -0.39 is 17.4 Å². The van der Waals surface area contributed by atoms with E-state index in [1.54, 1.807) is 55.6 Å². The summed E-state index contributed by atoms with van der Waals surface area (Å²) in [5.74, 6) is 0.285. The second kappa shape index (κ2) is 20.1. The van der Waals surface area contributed by atoms with Gasteiger partial charge < -0.3 is 35.4 Å². The molecule has 4 heterocycles. The smallest absolute Gasteiger partial charge is 0.255 e. The van der Waals surface area contributed by atoms with Gasteiger partial charge in [-0.2, -0.15) is 0 Å². The van der Waals surface area contributed by atoms with Crippen molar-refractivity contribution in [3.05, 3.63) is 105 Å². The number of carbonyl (C=O) groups is 6. The summed E-state index contributed by atoms with van der Waals surface area (Å²) in [5, 5.41) is 11.6. The van der Waals surface area contributed by atoms with Gasteiger partial charge in [-0.15, -0.1) is 0 Å². The van der Waals surface area contributed by atoms with Gasteiger partial charge in [-0.05, 0) is 94.6 Å². The average Bonchev–Trinajstić information content (AvgIpc) is 3.59. The lowest BCUT2D eigenvalue weighted by Gasteiger charge is -2.29. The minimum atomic E-state index is -0.722. The number of hydrogen-bond acceptors (Lipinski definition) is 11. The molecule has 17 heteroatoms. The monoisotopic (exact) mass is 935 g/mol. The van der Waals surface area contributed by atoms with Crippen LogP contribution in [0.1, 0.15) is 95.6 Å². The number of nitrogens with one attached hydrogen (secondary N) is 4. The number of amides is 6. The van der Waals surface area contributed by atoms with Crippen molar-refractivity contribution in [2.45, 2.75) is 77.9 Å². The second-order valence-corrected chi connectivity index (χ2v) is 17.9. The Labute approximate surface area is 381 Å². The van der Waals surface area contributed by atoms with Gasteiger partial charge in [-0.1, -0.05) is 40.2 Å². The van der Waals surface area contributed by atoms with E-state index in [0.717, 1.165) is 22.0 Å². The highest BCUT2D eigenvalue weighted by molar-refractivity contribution is 9.10. The first-order valence-electron chi connectivity index (χ1n) is 21.6. The van der Waals surface area contributed by atoms with Gasteiger partial charge in [0.1, 0.15) is 23.3 Å². The van der Waals surface area contributed by atoms with Gasteiger partial charge in [-0.3, -0.25) is 34.1 Å². The Balaban J connectivity index is 0.841. The van der Waals surface area contributed by atoms with Gasteiger partial charge in [0, 0.05) is 84.9 Å². The molecular weight excluding hydrogens is 882 g/mol. The van der Waals surface area contributed by atoms with Crippen LogP contribution >= 0.6 is 15.9 Å². The number of piperidine rings is 1. The van der Waals surface area contributed by atoms with Crippen LogP contribution in [0.3, 0.4) is 0 Å². The van der Waals surface area contributed by atoms with Gasteiger partial charge in [0.15, 0.2) is 5.82 Å². The van der Waals surface area contributed by atoms with E-state index in [1.807, 2.05) is 32.0 Å². The summed E-state index contributed by atoms with van der Waals surface area (Å²) >= 11 is 3.51. The third-order valence-electron chi connectivity index (χ3n) is 11.8. The number of aromatic nitrogens is 2. The van der Waals surface area contributed by atoms with E-state index in [9.17, 15) is 28.8 Å². The first-order chi connectivity index (χ1) is 30.7. The number of fused-ring (bicyclic) bond motifs is 2. The van der Waals surface area contributed by atoms with Crippen molar-refractivity contribution in [3.8, 4) is 5.75 Å². The zero-order valence-electron chi connectivity index (χ0n) is 36.6. The first-order valence-corrected chi connectivity index (χ1v) is 22.4. The number of methoxy groups -OCH3 is 1. The number of halogens is 1. The van der Waals surface area contributed by atoms with Gasteiger partial charge in [0.05, 0.1) is 18.7 Å². The molecule has 3 aliphatic rings. The van der Waals surface area contributed by atoms with E-state index in [2.05, 4.69) is 59.2 Å². The maximum atomic E-state index is 13.5. The van der Waals surface area contributed by atoms with Gasteiger partial charge in [0.2, 0.25) is 23.6 Å². The Morgan fingerprint density at radius 3 is 2.53 bits per heavy atom. The Hall–Kier alpha value is -6.20. The standard InChI is InChI=1S/C47H54BrN9O7/c1-47(2)28-56(26-29-12-16-32(48)17-13-29)42-37(55(3)46(47)63)25-51-39(53-42)24-30-14-15-31(23-38(30)64-4)43(60)50-22-8-21-49-20-6-5-11-40(58)52-35-10-7-9-33-34(35)27-57(45(33)62)36-18-19-41(59)54-44(36)61/h7,9-10,12-17,23,25,36,49H,5-6,8,11,18-22,24,26-28H2,1-4H3,(H,50,60)(H,52,58)(H,54,59,61). The van der Waals surface area contributed by atoms with E-state index in [-0.39, 0.29) is 48.9 Å². The molecule has 336 valence electrons. The molecule has 1 fully saturated rings. The van der Waals surface area contributed by atoms with Crippen LogP contribution in [-0.2, 0) is 38.7 Å². The quantitative estimate of drug-likeness (QED) is 0.0811. The molecule has 0 saturated carbocycles. The number of carbonyl (C=O) groups excluding carboxylic acids is 6. The molecule has 0 spiro atoms. The molecule has 0 radical (unpaired) electrons. The lowest BCUT2D eigenvalue weighted by molar-refractivity contribution is -0.137. The molecule has 1 aromatic heterocycles. The third kappa shape index (κ3) is 10.6. The topological polar surface area (TPSA) is 195 Å². The molecule has 1 saturated heterocycles. The van der Waals surface area contributed by atoms with E-state index in [1.165, 1.54) is 4.90 Å². The molecule has 0 bridgehead atoms. The molecule has 6 amide bonds. The molecule has 1 unspecified atom stereocenters. The molecule has 1 atom stereocenters. The largest absolute Gasteiger partial charge is 0.496 e. The first kappa shape index (κ1) is 45.8. The predicted octanol–water partition coefficient (Wildman–Crippen LogP) is 5.13. The normalized spacial score (nSPS) is 16.8. The van der Waals surface area contributed by atoms with E-state index in [4.69, 9.17) is 9.72 Å². The predicted molar refractivity (Wildman–Crippen MR) is 245 cm³/mol. The summed E-state index contributed by atoms with van der Waals surface area (Å²) in [5.41, 5.74) is 4.02. The van der Waals surface area contributed by atoms with Gasteiger partial charge >= 0.3 is 0 Å². The Morgan fingerprint density at radius 2 is 1.77 bits per heavy atom. The lowest BCUT2D eigenvalue weighted by Crippen LogP contribution is -2.52. The lowest BCUT2D eigenvalue weighted by atomic mass is 9.91. The van der Waals surface area contributed by atoms with Crippen molar-refractivity contribution in [2.75, 3.05) is 55.5 Å². The van der Waals surface area contributed by atoms with Crippen LogP contribution in [0.2, 0.25) is 0 Å². The number of hydrogen-bond donors (Lipinski definition) is 4. The number of imide groups is 1. The summed E-state index contributed by atoms with van der Waals surface area (Å²) in [7, 11) is 3.33. The highest BCUT2D eigenvalue weighted by atomic mass is 79.9. The second-order valence-electron chi connectivity index (χ2n) is 17.0. The highest BCUT2D eigenvalue weighted by Gasteiger charge is 2.41. The Bertz CT molecular complexity index is 2440. The van der Waals surface area contributed by atoms with Crippen molar-refractivity contribution in [1.82, 2.24) is 30.8 Å². The van der Waals surface area contributed by atoms with Crippen molar-refractivity contribution >= 4 is 68.6 Å². The summed E-state index contributed by atoms with van der Waals surface area (Å²) in [4.78, 5) is 91.4. The minimum Gasteiger partial charge on any atom is -0.496 e. The zero-order valence-corrected chi connectivity index (χ0v) is 38.2. The molecule has 7 rings (SSSR count). The maximum Gasteiger partial charge on any atom is 0.255 e. The molecule has 64 heavy (non-hydrogen) atoms. The van der Waals surface area contributed by atoms with Crippen LogP contribution < -0.4 is 35.8 Å². The third-order valence-corrected chi connectivity index (χ3v) is 12.3. The van der Waals surface area contributed by atoms with Crippen LogP contribution in [0.25, 0.3) is 0 Å². The van der Waals surface area contributed by atoms with Crippen molar-refractivity contribution in [2.24, 2.45) is 5.41 Å². The average molecular weight is 937 g/mol. The fraction of sp³-hybridized carbons (Fsp3) is 0.404. The molecule has 3 aromatic carbocycles. The molecule has 16 nitrogen and oxygen atoms in total.